The summed E-state index contributed by atoms with van der Waals surface area (Å²) < 4.78 is 20.8. The van der Waals surface area contributed by atoms with Crippen LogP contribution in [0.3, 0.4) is 0 Å². The van der Waals surface area contributed by atoms with E-state index >= 15 is 4.39 Å². The van der Waals surface area contributed by atoms with Crippen molar-refractivity contribution in [1.82, 2.24) is 9.88 Å². The standard InChI is InChI=1S/C30H33FN2O3/c1-21-5-7-22(8-6-21)4-3-16-33-17-14-23(24(20-33)18-30(34)35)9-11-28(31)26-13-15-32-29-12-10-25(36-2)19-27(26)29/h5-8,10,12-13,15,19,23-24,28H,9,11,14,16-18,20H2,1-2H3,(H,34,35)/t23-,24+,28-/m1/s1. The quantitative estimate of drug-likeness (QED) is 0.406. The molecule has 2 heterocycles. The smallest absolute Gasteiger partial charge is 0.303 e. The molecule has 0 amide bonds. The van der Waals surface area contributed by atoms with Crippen LogP contribution in [-0.4, -0.2) is 47.7 Å². The molecule has 188 valence electrons. The zero-order chi connectivity index (χ0) is 25.5. The summed E-state index contributed by atoms with van der Waals surface area (Å²) in [6.45, 7) is 4.17. The van der Waals surface area contributed by atoms with E-state index in [1.165, 1.54) is 5.56 Å². The van der Waals surface area contributed by atoms with Crippen LogP contribution in [0.25, 0.3) is 10.9 Å². The molecule has 36 heavy (non-hydrogen) atoms. The first-order chi connectivity index (χ1) is 17.4. The SMILES string of the molecule is COc1ccc2nccc([C@H](F)CC[C@@H]3CCN(CC#Cc4ccc(C)cc4)C[C@@H]3CC(=O)O)c2c1. The molecule has 1 N–H and O–H groups in total. The fourth-order valence-electron chi connectivity index (χ4n) is 5.09. The average molecular weight is 489 g/mol. The van der Waals surface area contributed by atoms with Gasteiger partial charge in [-0.05, 0) is 86.5 Å². The number of aliphatic carboxylic acids is 1. The van der Waals surface area contributed by atoms with Gasteiger partial charge in [0.1, 0.15) is 11.9 Å². The molecule has 0 bridgehead atoms. The van der Waals surface area contributed by atoms with E-state index in [-0.39, 0.29) is 18.3 Å². The third kappa shape index (κ3) is 6.61. The van der Waals surface area contributed by atoms with Gasteiger partial charge in [-0.25, -0.2) is 4.39 Å². The van der Waals surface area contributed by atoms with Crippen LogP contribution < -0.4 is 4.74 Å². The number of rotatable bonds is 8. The Balaban J connectivity index is 1.38. The number of halogens is 1. The molecule has 0 saturated carbocycles. The molecule has 0 aliphatic carbocycles. The first-order valence-electron chi connectivity index (χ1n) is 12.5. The highest BCUT2D eigenvalue weighted by molar-refractivity contribution is 5.83. The van der Waals surface area contributed by atoms with E-state index < -0.39 is 12.1 Å². The van der Waals surface area contributed by atoms with Crippen LogP contribution in [0.15, 0.2) is 54.7 Å². The van der Waals surface area contributed by atoms with Crippen LogP contribution >= 0.6 is 0 Å². The van der Waals surface area contributed by atoms with Gasteiger partial charge in [-0.2, -0.15) is 0 Å². The van der Waals surface area contributed by atoms with E-state index in [9.17, 15) is 9.90 Å². The van der Waals surface area contributed by atoms with E-state index in [2.05, 4.69) is 21.7 Å². The first-order valence-corrected chi connectivity index (χ1v) is 12.5. The average Bonchev–Trinajstić information content (AvgIpc) is 2.88. The predicted octanol–water partition coefficient (Wildman–Crippen LogP) is 5.81. The lowest BCUT2D eigenvalue weighted by Gasteiger charge is -2.37. The summed E-state index contributed by atoms with van der Waals surface area (Å²) in [5.74, 6) is 6.45. The molecule has 1 aromatic heterocycles. The second-order valence-electron chi connectivity index (χ2n) is 9.64. The van der Waals surface area contributed by atoms with Gasteiger partial charge in [0.05, 0.1) is 19.2 Å². The molecular formula is C30H33FN2O3. The van der Waals surface area contributed by atoms with Gasteiger partial charge in [0.25, 0.3) is 0 Å². The molecule has 0 unspecified atom stereocenters. The number of piperidine rings is 1. The summed E-state index contributed by atoms with van der Waals surface area (Å²) in [6, 6.07) is 15.3. The highest BCUT2D eigenvalue weighted by Crippen LogP contribution is 2.36. The van der Waals surface area contributed by atoms with Crippen LogP contribution in [0.1, 0.15) is 48.5 Å². The van der Waals surface area contributed by atoms with Crippen molar-refractivity contribution in [2.24, 2.45) is 11.8 Å². The number of aromatic nitrogens is 1. The number of alkyl halides is 1. The van der Waals surface area contributed by atoms with Gasteiger partial charge >= 0.3 is 5.97 Å². The number of hydrogen-bond donors (Lipinski definition) is 1. The van der Waals surface area contributed by atoms with Crippen LogP contribution in [0, 0.1) is 30.6 Å². The number of carboxylic acid groups (broad SMARTS) is 1. The fourth-order valence-corrected chi connectivity index (χ4v) is 5.09. The Kier molecular flexibility index (Phi) is 8.56. The van der Waals surface area contributed by atoms with E-state index in [1.807, 2.05) is 49.4 Å². The summed E-state index contributed by atoms with van der Waals surface area (Å²) in [7, 11) is 1.59. The molecule has 1 aliphatic heterocycles. The summed E-state index contributed by atoms with van der Waals surface area (Å²) >= 11 is 0. The van der Waals surface area contributed by atoms with Gasteiger partial charge in [0.15, 0.2) is 0 Å². The zero-order valence-corrected chi connectivity index (χ0v) is 20.9. The number of hydrogen-bond acceptors (Lipinski definition) is 4. The van der Waals surface area contributed by atoms with Crippen LogP contribution in [0.2, 0.25) is 0 Å². The Hall–Kier alpha value is -3.43. The van der Waals surface area contributed by atoms with Crippen molar-refractivity contribution in [2.75, 3.05) is 26.7 Å². The van der Waals surface area contributed by atoms with Gasteiger partial charge in [-0.15, -0.1) is 0 Å². The lowest BCUT2D eigenvalue weighted by Crippen LogP contribution is -2.41. The largest absolute Gasteiger partial charge is 0.497 e. The Morgan fingerprint density at radius 1 is 1.22 bits per heavy atom. The lowest BCUT2D eigenvalue weighted by atomic mass is 9.79. The molecule has 2 aromatic carbocycles. The Labute approximate surface area is 212 Å². The maximum Gasteiger partial charge on any atom is 0.303 e. The highest BCUT2D eigenvalue weighted by Gasteiger charge is 2.31. The topological polar surface area (TPSA) is 62.7 Å². The fraction of sp³-hybridized carbons (Fsp3) is 0.400. The minimum absolute atomic E-state index is 0.0149. The number of likely N-dealkylation sites (tertiary alicyclic amines) is 1. The van der Waals surface area contributed by atoms with Gasteiger partial charge < -0.3 is 9.84 Å². The molecule has 1 aliphatic rings. The Morgan fingerprint density at radius 3 is 2.78 bits per heavy atom. The molecular weight excluding hydrogens is 455 g/mol. The van der Waals surface area contributed by atoms with E-state index in [1.54, 1.807) is 19.4 Å². The summed E-state index contributed by atoms with van der Waals surface area (Å²) in [5, 5.41) is 10.3. The van der Waals surface area contributed by atoms with Crippen molar-refractivity contribution in [3.05, 3.63) is 71.4 Å². The normalized spacial score (nSPS) is 18.9. The number of carbonyl (C=O) groups is 1. The number of nitrogens with zero attached hydrogens (tertiary/aromatic N) is 2. The minimum Gasteiger partial charge on any atom is -0.497 e. The van der Waals surface area contributed by atoms with Crippen molar-refractivity contribution >= 4 is 16.9 Å². The lowest BCUT2D eigenvalue weighted by molar-refractivity contribution is -0.139. The summed E-state index contributed by atoms with van der Waals surface area (Å²) in [5.41, 5.74) is 3.52. The van der Waals surface area contributed by atoms with Crippen molar-refractivity contribution < 1.29 is 19.0 Å². The Morgan fingerprint density at radius 2 is 2.03 bits per heavy atom. The number of aryl methyl sites for hydroxylation is 1. The number of carboxylic acids is 1. The zero-order valence-electron chi connectivity index (χ0n) is 20.9. The van der Waals surface area contributed by atoms with E-state index in [0.29, 0.717) is 37.2 Å². The van der Waals surface area contributed by atoms with Crippen molar-refractivity contribution in [3.8, 4) is 17.6 Å². The maximum absolute atomic E-state index is 15.5. The van der Waals surface area contributed by atoms with Crippen LogP contribution in [-0.2, 0) is 4.79 Å². The van der Waals surface area contributed by atoms with E-state index in [0.717, 1.165) is 29.4 Å². The molecule has 3 aromatic rings. The molecule has 4 rings (SSSR count). The van der Waals surface area contributed by atoms with Crippen LogP contribution in [0.4, 0.5) is 4.39 Å². The summed E-state index contributed by atoms with van der Waals surface area (Å²) in [4.78, 5) is 18.1. The van der Waals surface area contributed by atoms with Crippen LogP contribution in [0.5, 0.6) is 5.75 Å². The second kappa shape index (κ2) is 12.0. The number of fused-ring (bicyclic) bond motifs is 1. The van der Waals surface area contributed by atoms with Crippen molar-refractivity contribution in [2.45, 2.75) is 38.8 Å². The van der Waals surface area contributed by atoms with E-state index in [4.69, 9.17) is 4.74 Å². The molecule has 6 heteroatoms. The maximum atomic E-state index is 15.5. The monoisotopic (exact) mass is 488 g/mol. The predicted molar refractivity (Wildman–Crippen MR) is 140 cm³/mol. The minimum atomic E-state index is -1.15. The number of ether oxygens (including phenoxy) is 1. The van der Waals surface area contributed by atoms with Gasteiger partial charge in [-0.3, -0.25) is 14.7 Å². The van der Waals surface area contributed by atoms with Gasteiger partial charge in [-0.1, -0.05) is 29.5 Å². The highest BCUT2D eigenvalue weighted by atomic mass is 19.1. The molecule has 3 atom stereocenters. The molecule has 1 saturated heterocycles. The molecule has 0 spiro atoms. The number of pyridine rings is 1. The number of benzene rings is 2. The van der Waals surface area contributed by atoms with Gasteiger partial charge in [0, 0.05) is 30.1 Å². The number of methoxy groups -OCH3 is 1. The third-order valence-corrected chi connectivity index (χ3v) is 7.11. The molecule has 5 nitrogen and oxygen atoms in total. The van der Waals surface area contributed by atoms with Crippen molar-refractivity contribution in [3.63, 3.8) is 0 Å². The Bertz CT molecular complexity index is 1250. The second-order valence-corrected chi connectivity index (χ2v) is 9.64. The third-order valence-electron chi connectivity index (χ3n) is 7.11. The van der Waals surface area contributed by atoms with Crippen molar-refractivity contribution in [1.29, 1.82) is 0 Å². The summed E-state index contributed by atoms with van der Waals surface area (Å²) in [6.07, 6.45) is 2.44. The molecule has 1 fully saturated rings. The first kappa shape index (κ1) is 25.7. The van der Waals surface area contributed by atoms with Gasteiger partial charge in [0.2, 0.25) is 0 Å². The molecule has 0 radical (unpaired) electrons.